The van der Waals surface area contributed by atoms with Gasteiger partial charge in [-0.1, -0.05) is 25.0 Å². The first-order chi connectivity index (χ1) is 10.2. The first kappa shape index (κ1) is 15.7. The summed E-state index contributed by atoms with van der Waals surface area (Å²) in [7, 11) is 1.83. The van der Waals surface area contributed by atoms with Crippen LogP contribution >= 0.6 is 0 Å². The molecule has 0 radical (unpaired) electrons. The molecule has 4 nitrogen and oxygen atoms in total. The van der Waals surface area contributed by atoms with Gasteiger partial charge in [0, 0.05) is 19.6 Å². The average molecular weight is 289 g/mol. The van der Waals surface area contributed by atoms with E-state index in [0.717, 1.165) is 18.3 Å². The summed E-state index contributed by atoms with van der Waals surface area (Å²) < 4.78 is 5.57. The molecule has 1 saturated carbocycles. The van der Waals surface area contributed by atoms with E-state index >= 15 is 0 Å². The van der Waals surface area contributed by atoms with Gasteiger partial charge in [-0.15, -0.1) is 0 Å². The van der Waals surface area contributed by atoms with Crippen molar-refractivity contribution >= 4 is 5.96 Å². The number of ether oxygens (including phenoxy) is 1. The SMILES string of the molecule is CCOc1ccc(CNC(=NC)NC2CCCC2)cc1C. The van der Waals surface area contributed by atoms with Crippen molar-refractivity contribution in [3.8, 4) is 5.75 Å². The van der Waals surface area contributed by atoms with Gasteiger partial charge in [0.05, 0.1) is 6.61 Å². The molecular formula is C17H27N3O. The third kappa shape index (κ3) is 4.66. The van der Waals surface area contributed by atoms with Gasteiger partial charge in [-0.05, 0) is 43.9 Å². The lowest BCUT2D eigenvalue weighted by Gasteiger charge is -2.17. The molecule has 0 aliphatic heterocycles. The number of aryl methyl sites for hydroxylation is 1. The van der Waals surface area contributed by atoms with Crippen molar-refractivity contribution in [3.05, 3.63) is 29.3 Å². The van der Waals surface area contributed by atoms with Crippen LogP contribution in [0.5, 0.6) is 5.75 Å². The third-order valence-corrected chi connectivity index (χ3v) is 3.92. The highest BCUT2D eigenvalue weighted by atomic mass is 16.5. The van der Waals surface area contributed by atoms with E-state index in [1.807, 2.05) is 20.0 Å². The molecule has 0 saturated heterocycles. The van der Waals surface area contributed by atoms with Crippen LogP contribution in [-0.2, 0) is 6.54 Å². The van der Waals surface area contributed by atoms with Gasteiger partial charge in [-0.2, -0.15) is 0 Å². The summed E-state index contributed by atoms with van der Waals surface area (Å²) in [4.78, 5) is 4.31. The minimum absolute atomic E-state index is 0.582. The summed E-state index contributed by atoms with van der Waals surface area (Å²) in [5.74, 6) is 1.86. The van der Waals surface area contributed by atoms with Crippen molar-refractivity contribution in [1.29, 1.82) is 0 Å². The minimum atomic E-state index is 0.582. The Morgan fingerprint density at radius 3 is 2.71 bits per heavy atom. The lowest BCUT2D eigenvalue weighted by Crippen LogP contribution is -2.41. The highest BCUT2D eigenvalue weighted by Crippen LogP contribution is 2.19. The van der Waals surface area contributed by atoms with Crippen LogP contribution in [-0.4, -0.2) is 25.7 Å². The minimum Gasteiger partial charge on any atom is -0.494 e. The standard InChI is InChI=1S/C17H27N3O/c1-4-21-16-10-9-14(11-13(16)2)12-19-17(18-3)20-15-7-5-6-8-15/h9-11,15H,4-8,12H2,1-3H3,(H2,18,19,20). The van der Waals surface area contributed by atoms with Crippen LogP contribution in [0.2, 0.25) is 0 Å². The fourth-order valence-electron chi connectivity index (χ4n) is 2.78. The van der Waals surface area contributed by atoms with E-state index in [0.29, 0.717) is 12.6 Å². The number of nitrogens with one attached hydrogen (secondary N) is 2. The maximum absolute atomic E-state index is 5.57. The van der Waals surface area contributed by atoms with E-state index in [1.165, 1.54) is 36.8 Å². The van der Waals surface area contributed by atoms with Gasteiger partial charge in [-0.25, -0.2) is 0 Å². The fourth-order valence-corrected chi connectivity index (χ4v) is 2.78. The maximum atomic E-state index is 5.57. The molecule has 0 heterocycles. The van der Waals surface area contributed by atoms with E-state index in [9.17, 15) is 0 Å². The van der Waals surface area contributed by atoms with Crippen molar-refractivity contribution < 1.29 is 4.74 Å². The maximum Gasteiger partial charge on any atom is 0.191 e. The van der Waals surface area contributed by atoms with Gasteiger partial charge in [0.15, 0.2) is 5.96 Å². The van der Waals surface area contributed by atoms with Crippen LogP contribution < -0.4 is 15.4 Å². The van der Waals surface area contributed by atoms with Gasteiger partial charge in [0.25, 0.3) is 0 Å². The molecule has 0 aromatic heterocycles. The second-order valence-electron chi connectivity index (χ2n) is 5.58. The Morgan fingerprint density at radius 1 is 1.33 bits per heavy atom. The molecule has 4 heteroatoms. The third-order valence-electron chi connectivity index (χ3n) is 3.92. The quantitative estimate of drug-likeness (QED) is 0.647. The first-order valence-electron chi connectivity index (χ1n) is 7.92. The Morgan fingerprint density at radius 2 is 2.10 bits per heavy atom. The molecule has 1 aliphatic rings. The second-order valence-corrected chi connectivity index (χ2v) is 5.58. The smallest absolute Gasteiger partial charge is 0.191 e. The summed E-state index contributed by atoms with van der Waals surface area (Å²) in [5.41, 5.74) is 2.42. The summed E-state index contributed by atoms with van der Waals surface area (Å²) >= 11 is 0. The topological polar surface area (TPSA) is 45.6 Å². The van der Waals surface area contributed by atoms with Crippen LogP contribution in [0, 0.1) is 6.92 Å². The van der Waals surface area contributed by atoms with E-state index in [4.69, 9.17) is 4.74 Å². The zero-order valence-electron chi connectivity index (χ0n) is 13.4. The molecule has 1 aromatic carbocycles. The highest BCUT2D eigenvalue weighted by Gasteiger charge is 2.15. The zero-order valence-corrected chi connectivity index (χ0v) is 13.4. The number of aliphatic imine (C=N–C) groups is 1. The highest BCUT2D eigenvalue weighted by molar-refractivity contribution is 5.80. The van der Waals surface area contributed by atoms with Crippen molar-refractivity contribution in [2.45, 2.75) is 52.1 Å². The predicted molar refractivity (Wildman–Crippen MR) is 87.9 cm³/mol. The van der Waals surface area contributed by atoms with Crippen LogP contribution in [0.3, 0.4) is 0 Å². The van der Waals surface area contributed by atoms with E-state index < -0.39 is 0 Å². The van der Waals surface area contributed by atoms with Gasteiger partial charge < -0.3 is 15.4 Å². The van der Waals surface area contributed by atoms with E-state index in [-0.39, 0.29) is 0 Å². The molecule has 0 bridgehead atoms. The van der Waals surface area contributed by atoms with Crippen LogP contribution in [0.1, 0.15) is 43.7 Å². The van der Waals surface area contributed by atoms with E-state index in [2.05, 4.69) is 34.7 Å². The van der Waals surface area contributed by atoms with Gasteiger partial charge in [0.2, 0.25) is 0 Å². The second kappa shape index (κ2) is 7.91. The molecule has 1 aromatic rings. The molecule has 0 unspecified atom stereocenters. The Labute approximate surface area is 128 Å². The summed E-state index contributed by atoms with van der Waals surface area (Å²) in [6.45, 7) is 5.57. The number of guanidine groups is 1. The number of rotatable bonds is 5. The molecule has 1 aliphatic carbocycles. The molecule has 2 rings (SSSR count). The molecule has 0 atom stereocenters. The van der Waals surface area contributed by atoms with Crippen LogP contribution in [0.4, 0.5) is 0 Å². The molecule has 2 N–H and O–H groups in total. The monoisotopic (exact) mass is 289 g/mol. The van der Waals surface area contributed by atoms with Gasteiger partial charge in [-0.3, -0.25) is 4.99 Å². The molecule has 116 valence electrons. The van der Waals surface area contributed by atoms with Crippen molar-refractivity contribution in [3.63, 3.8) is 0 Å². The van der Waals surface area contributed by atoms with Crippen molar-refractivity contribution in [2.24, 2.45) is 4.99 Å². The summed E-state index contributed by atoms with van der Waals surface area (Å²) in [6, 6.07) is 6.90. The lowest BCUT2D eigenvalue weighted by molar-refractivity contribution is 0.338. The fraction of sp³-hybridized carbons (Fsp3) is 0.588. The summed E-state index contributed by atoms with van der Waals surface area (Å²) in [5, 5.41) is 6.89. The average Bonchev–Trinajstić information content (AvgIpc) is 2.99. The number of hydrogen-bond donors (Lipinski definition) is 2. The van der Waals surface area contributed by atoms with Gasteiger partial charge in [0.1, 0.15) is 5.75 Å². The Bertz CT molecular complexity index is 479. The largest absolute Gasteiger partial charge is 0.494 e. The molecule has 1 fully saturated rings. The summed E-state index contributed by atoms with van der Waals surface area (Å²) in [6.07, 6.45) is 5.16. The number of nitrogens with zero attached hydrogens (tertiary/aromatic N) is 1. The Kier molecular flexibility index (Phi) is 5.90. The molecule has 0 spiro atoms. The Balaban J connectivity index is 1.87. The molecule has 21 heavy (non-hydrogen) atoms. The zero-order chi connectivity index (χ0) is 15.1. The predicted octanol–water partition coefficient (Wildman–Crippen LogP) is 3.00. The number of benzene rings is 1. The first-order valence-corrected chi connectivity index (χ1v) is 7.92. The van der Waals surface area contributed by atoms with E-state index in [1.54, 1.807) is 0 Å². The number of hydrogen-bond acceptors (Lipinski definition) is 2. The lowest BCUT2D eigenvalue weighted by atomic mass is 10.1. The van der Waals surface area contributed by atoms with Crippen molar-refractivity contribution in [2.75, 3.05) is 13.7 Å². The van der Waals surface area contributed by atoms with Crippen LogP contribution in [0.15, 0.2) is 23.2 Å². The normalized spacial score (nSPS) is 16.0. The Hall–Kier alpha value is -1.71. The van der Waals surface area contributed by atoms with Gasteiger partial charge >= 0.3 is 0 Å². The van der Waals surface area contributed by atoms with Crippen molar-refractivity contribution in [1.82, 2.24) is 10.6 Å². The van der Waals surface area contributed by atoms with Crippen LogP contribution in [0.25, 0.3) is 0 Å². The molecule has 0 amide bonds. The molecular weight excluding hydrogens is 262 g/mol.